The molecule has 0 aromatic rings. The Morgan fingerprint density at radius 2 is 1.94 bits per heavy atom. The number of nitrogens with two attached hydrogens (primary N) is 1. The number of ether oxygens (including phenoxy) is 1. The van der Waals surface area contributed by atoms with Gasteiger partial charge in [-0.15, -0.1) is 0 Å². The normalized spacial score (nSPS) is 14.8. The molecule has 1 unspecified atom stereocenters. The molecule has 0 aliphatic carbocycles. The summed E-state index contributed by atoms with van der Waals surface area (Å²) in [6.07, 6.45) is 1.55. The molecular weight excluding hydrogens is 216 g/mol. The average molecular weight is 244 g/mol. The van der Waals surface area contributed by atoms with Gasteiger partial charge < -0.3 is 15.4 Å². The van der Waals surface area contributed by atoms with Gasteiger partial charge in [0.05, 0.1) is 12.6 Å². The molecule has 0 spiro atoms. The van der Waals surface area contributed by atoms with E-state index in [2.05, 4.69) is 13.8 Å². The summed E-state index contributed by atoms with van der Waals surface area (Å²) in [6.45, 7) is 7.45. The molecule has 0 aliphatic heterocycles. The molecule has 1 amide bonds. The van der Waals surface area contributed by atoms with Crippen molar-refractivity contribution >= 4 is 5.91 Å². The summed E-state index contributed by atoms with van der Waals surface area (Å²) in [6, 6.07) is 0.116. The highest BCUT2D eigenvalue weighted by Gasteiger charge is 2.20. The molecule has 0 rings (SSSR count). The SMILES string of the molecule is COCC(C)N(C)C(=O)C[C@@H](CN)CC(C)C. The van der Waals surface area contributed by atoms with Crippen molar-refractivity contribution in [3.63, 3.8) is 0 Å². The predicted octanol–water partition coefficient (Wildman–Crippen LogP) is 1.49. The minimum Gasteiger partial charge on any atom is -0.383 e. The Hall–Kier alpha value is -0.610. The zero-order chi connectivity index (χ0) is 13.4. The number of amides is 1. The van der Waals surface area contributed by atoms with Crippen LogP contribution in [0.15, 0.2) is 0 Å². The van der Waals surface area contributed by atoms with Crippen LogP contribution in [-0.4, -0.2) is 44.2 Å². The Kier molecular flexibility index (Phi) is 8.17. The smallest absolute Gasteiger partial charge is 0.222 e. The van der Waals surface area contributed by atoms with Gasteiger partial charge in [-0.2, -0.15) is 0 Å². The Morgan fingerprint density at radius 3 is 2.35 bits per heavy atom. The molecule has 0 aliphatic rings. The van der Waals surface area contributed by atoms with Gasteiger partial charge in [-0.25, -0.2) is 0 Å². The van der Waals surface area contributed by atoms with E-state index in [1.807, 2.05) is 14.0 Å². The van der Waals surface area contributed by atoms with Crippen LogP contribution in [0.25, 0.3) is 0 Å². The van der Waals surface area contributed by atoms with Crippen LogP contribution in [0.2, 0.25) is 0 Å². The van der Waals surface area contributed by atoms with Crippen molar-refractivity contribution in [2.45, 2.75) is 39.7 Å². The average Bonchev–Trinajstić information content (AvgIpc) is 2.26. The molecule has 4 heteroatoms. The van der Waals surface area contributed by atoms with Crippen LogP contribution in [0.5, 0.6) is 0 Å². The fourth-order valence-electron chi connectivity index (χ4n) is 1.92. The number of hydrogen-bond acceptors (Lipinski definition) is 3. The van der Waals surface area contributed by atoms with E-state index in [9.17, 15) is 4.79 Å². The lowest BCUT2D eigenvalue weighted by Gasteiger charge is -2.26. The van der Waals surface area contributed by atoms with Crippen molar-refractivity contribution < 1.29 is 9.53 Å². The van der Waals surface area contributed by atoms with Gasteiger partial charge in [0, 0.05) is 20.6 Å². The topological polar surface area (TPSA) is 55.6 Å². The van der Waals surface area contributed by atoms with Crippen LogP contribution in [0.4, 0.5) is 0 Å². The summed E-state index contributed by atoms with van der Waals surface area (Å²) < 4.78 is 5.05. The quantitative estimate of drug-likeness (QED) is 0.704. The van der Waals surface area contributed by atoms with Gasteiger partial charge in [0.1, 0.15) is 0 Å². The van der Waals surface area contributed by atoms with Gasteiger partial charge in [0.25, 0.3) is 0 Å². The largest absolute Gasteiger partial charge is 0.383 e. The third-order valence-electron chi connectivity index (χ3n) is 3.06. The standard InChI is InChI=1S/C13H28N2O2/c1-10(2)6-12(8-14)7-13(16)15(4)11(3)9-17-5/h10-12H,6-9,14H2,1-5H3/t11?,12-/m0/s1. The lowest BCUT2D eigenvalue weighted by molar-refractivity contribution is -0.133. The molecule has 0 fully saturated rings. The van der Waals surface area contributed by atoms with Crippen molar-refractivity contribution in [1.29, 1.82) is 0 Å². The summed E-state index contributed by atoms with van der Waals surface area (Å²) in [5, 5.41) is 0. The van der Waals surface area contributed by atoms with Crippen LogP contribution < -0.4 is 5.73 Å². The fourth-order valence-corrected chi connectivity index (χ4v) is 1.92. The lowest BCUT2D eigenvalue weighted by Crippen LogP contribution is -2.39. The van der Waals surface area contributed by atoms with Gasteiger partial charge in [0.2, 0.25) is 5.91 Å². The van der Waals surface area contributed by atoms with Gasteiger partial charge in [-0.1, -0.05) is 13.8 Å². The Labute approximate surface area is 105 Å². The third-order valence-corrected chi connectivity index (χ3v) is 3.06. The van der Waals surface area contributed by atoms with E-state index in [-0.39, 0.29) is 11.9 Å². The van der Waals surface area contributed by atoms with Crippen LogP contribution in [0, 0.1) is 11.8 Å². The zero-order valence-electron chi connectivity index (χ0n) is 11.9. The van der Waals surface area contributed by atoms with Crippen LogP contribution >= 0.6 is 0 Å². The number of rotatable bonds is 8. The number of likely N-dealkylation sites (N-methyl/N-ethyl adjacent to an activating group) is 1. The Morgan fingerprint density at radius 1 is 1.35 bits per heavy atom. The highest BCUT2D eigenvalue weighted by molar-refractivity contribution is 5.76. The maximum Gasteiger partial charge on any atom is 0.222 e. The molecule has 2 atom stereocenters. The van der Waals surface area contributed by atoms with E-state index >= 15 is 0 Å². The van der Waals surface area contributed by atoms with Gasteiger partial charge in [-0.05, 0) is 31.7 Å². The first kappa shape index (κ1) is 16.4. The van der Waals surface area contributed by atoms with Crippen molar-refractivity contribution in [3.8, 4) is 0 Å². The number of nitrogens with zero attached hydrogens (tertiary/aromatic N) is 1. The summed E-state index contributed by atoms with van der Waals surface area (Å²) in [5.74, 6) is 1.03. The second kappa shape index (κ2) is 8.48. The number of hydrogen-bond donors (Lipinski definition) is 1. The number of carbonyl (C=O) groups excluding carboxylic acids is 1. The third kappa shape index (κ3) is 6.64. The van der Waals surface area contributed by atoms with Crippen molar-refractivity contribution in [2.24, 2.45) is 17.6 Å². The molecular formula is C13H28N2O2. The van der Waals surface area contributed by atoms with Crippen molar-refractivity contribution in [3.05, 3.63) is 0 Å². The van der Waals surface area contributed by atoms with Crippen molar-refractivity contribution in [1.82, 2.24) is 4.90 Å². The summed E-state index contributed by atoms with van der Waals surface area (Å²) in [7, 11) is 3.48. The highest BCUT2D eigenvalue weighted by atomic mass is 16.5. The summed E-state index contributed by atoms with van der Waals surface area (Å²) >= 11 is 0. The Bertz CT molecular complexity index is 219. The number of carbonyl (C=O) groups is 1. The molecule has 0 saturated heterocycles. The molecule has 0 aromatic carbocycles. The predicted molar refractivity (Wildman–Crippen MR) is 70.7 cm³/mol. The van der Waals surface area contributed by atoms with Crippen molar-refractivity contribution in [2.75, 3.05) is 27.3 Å². The van der Waals surface area contributed by atoms with Gasteiger partial charge >= 0.3 is 0 Å². The minimum absolute atomic E-state index is 0.116. The van der Waals surface area contributed by atoms with E-state index in [0.717, 1.165) is 6.42 Å². The second-order valence-electron chi connectivity index (χ2n) is 5.24. The fraction of sp³-hybridized carbons (Fsp3) is 0.923. The van der Waals surface area contributed by atoms with E-state index in [4.69, 9.17) is 10.5 Å². The highest BCUT2D eigenvalue weighted by Crippen LogP contribution is 2.15. The second-order valence-corrected chi connectivity index (χ2v) is 5.24. The molecule has 0 bridgehead atoms. The molecule has 17 heavy (non-hydrogen) atoms. The summed E-state index contributed by atoms with van der Waals surface area (Å²) in [5.41, 5.74) is 5.71. The molecule has 0 saturated carbocycles. The van der Waals surface area contributed by atoms with Crippen LogP contribution in [0.3, 0.4) is 0 Å². The molecule has 2 N–H and O–H groups in total. The number of methoxy groups -OCH3 is 1. The summed E-state index contributed by atoms with van der Waals surface area (Å²) in [4.78, 5) is 13.8. The first-order valence-electron chi connectivity index (χ1n) is 6.37. The van der Waals surface area contributed by atoms with E-state index in [1.54, 1.807) is 12.0 Å². The Balaban J connectivity index is 4.20. The molecule has 4 nitrogen and oxygen atoms in total. The first-order valence-corrected chi connectivity index (χ1v) is 6.37. The van der Waals surface area contributed by atoms with Crippen LogP contribution in [-0.2, 0) is 9.53 Å². The maximum atomic E-state index is 12.0. The van der Waals surface area contributed by atoms with E-state index < -0.39 is 0 Å². The lowest BCUT2D eigenvalue weighted by atomic mass is 9.93. The molecule has 0 heterocycles. The van der Waals surface area contributed by atoms with E-state index in [0.29, 0.717) is 31.4 Å². The molecule has 102 valence electrons. The van der Waals surface area contributed by atoms with Gasteiger partial charge in [0.15, 0.2) is 0 Å². The zero-order valence-corrected chi connectivity index (χ0v) is 11.9. The monoisotopic (exact) mass is 244 g/mol. The molecule has 0 aromatic heterocycles. The van der Waals surface area contributed by atoms with Gasteiger partial charge in [-0.3, -0.25) is 4.79 Å². The van der Waals surface area contributed by atoms with E-state index in [1.165, 1.54) is 0 Å². The minimum atomic E-state index is 0.116. The van der Waals surface area contributed by atoms with Crippen LogP contribution in [0.1, 0.15) is 33.6 Å². The first-order chi connectivity index (χ1) is 7.92. The maximum absolute atomic E-state index is 12.0. The molecule has 0 radical (unpaired) electrons.